The van der Waals surface area contributed by atoms with Crippen molar-refractivity contribution in [3.63, 3.8) is 0 Å². The van der Waals surface area contributed by atoms with Gasteiger partial charge >= 0.3 is 11.7 Å². The van der Waals surface area contributed by atoms with Gasteiger partial charge in [-0.25, -0.2) is 4.79 Å². The van der Waals surface area contributed by atoms with E-state index in [0.717, 1.165) is 5.69 Å². The third-order valence-electron chi connectivity index (χ3n) is 4.36. The Balaban J connectivity index is 2.45. The number of benzene rings is 2. The van der Waals surface area contributed by atoms with Crippen LogP contribution in [0.25, 0.3) is 5.53 Å². The maximum Gasteiger partial charge on any atom is 0.420 e. The van der Waals surface area contributed by atoms with Gasteiger partial charge in [0.1, 0.15) is 11.4 Å². The number of rotatable bonds is 7. The zero-order chi connectivity index (χ0) is 23.2. The van der Waals surface area contributed by atoms with Gasteiger partial charge in [-0.05, 0) is 51.1 Å². The van der Waals surface area contributed by atoms with E-state index in [9.17, 15) is 15.1 Å². The normalized spacial score (nSPS) is 11.7. The smallest absolute Gasteiger partial charge is 0.420 e. The highest BCUT2D eigenvalue weighted by atomic mass is 16.6. The van der Waals surface area contributed by atoms with Crippen molar-refractivity contribution in [3.05, 3.63) is 65.2 Å². The van der Waals surface area contributed by atoms with Gasteiger partial charge in [-0.1, -0.05) is 18.2 Å². The molecule has 0 aliphatic heterocycles. The number of anilines is 1. The van der Waals surface area contributed by atoms with Gasteiger partial charge in [0.2, 0.25) is 0 Å². The maximum atomic E-state index is 13.0. The van der Waals surface area contributed by atoms with E-state index in [1.54, 1.807) is 57.2 Å². The van der Waals surface area contributed by atoms with Gasteiger partial charge in [0.05, 0.1) is 7.11 Å². The lowest BCUT2D eigenvalue weighted by atomic mass is 9.99. The minimum Gasteiger partial charge on any atom is -0.496 e. The standard InChI is InChI=1S/C23H28N4O4/c1-23(2,3)31-22(29)20(26-24)19(17-9-7-8-10-18(17)30-6)25-21(28)15-11-13-16(14-12-15)27(4)5/h7-14,19H,1-6H3,(H,25,28)/t19-/m0/s1. The molecular formula is C23H28N4O4. The minimum absolute atomic E-state index is 0.363. The topological polar surface area (TPSA) is 104 Å². The summed E-state index contributed by atoms with van der Waals surface area (Å²) in [5.41, 5.74) is 10.2. The van der Waals surface area contributed by atoms with E-state index in [4.69, 9.17) is 9.47 Å². The molecule has 0 saturated carbocycles. The summed E-state index contributed by atoms with van der Waals surface area (Å²) in [7, 11) is 5.27. The third-order valence-corrected chi connectivity index (χ3v) is 4.36. The molecule has 8 nitrogen and oxygen atoms in total. The molecule has 0 radical (unpaired) electrons. The zero-order valence-electron chi connectivity index (χ0n) is 18.7. The Morgan fingerprint density at radius 1 is 1.06 bits per heavy atom. The second kappa shape index (κ2) is 9.91. The van der Waals surface area contributed by atoms with E-state index in [0.29, 0.717) is 16.9 Å². The van der Waals surface area contributed by atoms with E-state index in [1.807, 2.05) is 31.1 Å². The van der Waals surface area contributed by atoms with Crippen molar-refractivity contribution in [2.75, 3.05) is 26.1 Å². The summed E-state index contributed by atoms with van der Waals surface area (Å²) in [5, 5.41) is 2.77. The number of esters is 1. The van der Waals surface area contributed by atoms with Crippen LogP contribution in [0.1, 0.15) is 42.7 Å². The first-order chi connectivity index (χ1) is 14.6. The van der Waals surface area contributed by atoms with Gasteiger partial charge in [0.25, 0.3) is 5.91 Å². The lowest BCUT2D eigenvalue weighted by Crippen LogP contribution is -2.41. The Morgan fingerprint density at radius 2 is 1.68 bits per heavy atom. The second-order valence-electron chi connectivity index (χ2n) is 8.08. The number of nitrogens with zero attached hydrogens (tertiary/aromatic N) is 3. The molecule has 0 aliphatic carbocycles. The van der Waals surface area contributed by atoms with Gasteiger partial charge < -0.3 is 25.2 Å². The lowest BCUT2D eigenvalue weighted by molar-refractivity contribution is -0.151. The molecule has 0 heterocycles. The van der Waals surface area contributed by atoms with Crippen LogP contribution in [-0.4, -0.2) is 49.2 Å². The highest BCUT2D eigenvalue weighted by molar-refractivity contribution is 6.36. The number of amides is 1. The lowest BCUT2D eigenvalue weighted by Gasteiger charge is -2.21. The molecule has 0 aliphatic rings. The number of ether oxygens (including phenoxy) is 2. The van der Waals surface area contributed by atoms with Crippen LogP contribution in [0.4, 0.5) is 5.69 Å². The molecule has 0 spiro atoms. The van der Waals surface area contributed by atoms with Crippen molar-refractivity contribution in [1.82, 2.24) is 5.32 Å². The summed E-state index contributed by atoms with van der Waals surface area (Å²) in [6.07, 6.45) is 0. The Kier molecular flexibility index (Phi) is 7.56. The molecule has 0 aromatic heterocycles. The van der Waals surface area contributed by atoms with Crippen LogP contribution in [0, 0.1) is 0 Å². The molecule has 0 unspecified atom stereocenters. The summed E-state index contributed by atoms with van der Waals surface area (Å²) < 4.78 is 10.8. The molecule has 0 bridgehead atoms. The second-order valence-corrected chi connectivity index (χ2v) is 8.08. The van der Waals surface area contributed by atoms with Gasteiger partial charge in [-0.2, -0.15) is 4.79 Å². The van der Waals surface area contributed by atoms with Crippen LogP contribution in [0.3, 0.4) is 0 Å². The Labute approximate surface area is 182 Å². The highest BCUT2D eigenvalue weighted by Crippen LogP contribution is 2.27. The number of hydrogen-bond acceptors (Lipinski definition) is 5. The van der Waals surface area contributed by atoms with Crippen LogP contribution in [0.15, 0.2) is 48.5 Å². The Morgan fingerprint density at radius 3 is 2.19 bits per heavy atom. The van der Waals surface area contributed by atoms with Gasteiger partial charge in [0.15, 0.2) is 6.04 Å². The summed E-state index contributed by atoms with van der Waals surface area (Å²) in [6, 6.07) is 12.7. The Hall–Kier alpha value is -3.64. The van der Waals surface area contributed by atoms with Gasteiger partial charge in [-0.15, -0.1) is 0 Å². The average Bonchev–Trinajstić information content (AvgIpc) is 2.72. The van der Waals surface area contributed by atoms with Crippen LogP contribution >= 0.6 is 0 Å². The van der Waals surface area contributed by atoms with E-state index in [-0.39, 0.29) is 5.71 Å². The molecular weight excluding hydrogens is 396 g/mol. The zero-order valence-corrected chi connectivity index (χ0v) is 18.7. The first-order valence-corrected chi connectivity index (χ1v) is 9.74. The predicted octanol–water partition coefficient (Wildman–Crippen LogP) is 3.24. The molecule has 1 amide bonds. The molecule has 0 saturated heterocycles. The van der Waals surface area contributed by atoms with Crippen molar-refractivity contribution in [3.8, 4) is 5.75 Å². The monoisotopic (exact) mass is 424 g/mol. The minimum atomic E-state index is -1.10. The first kappa shape index (κ1) is 23.6. The molecule has 8 heteroatoms. The molecule has 164 valence electrons. The Bertz CT molecular complexity index is 987. The summed E-state index contributed by atoms with van der Waals surface area (Å²) >= 11 is 0. The number of carbonyl (C=O) groups excluding carboxylic acids is 2. The summed E-state index contributed by atoms with van der Waals surface area (Å²) in [6.45, 7) is 5.09. The van der Waals surface area contributed by atoms with Crippen LogP contribution in [0.2, 0.25) is 0 Å². The van der Waals surface area contributed by atoms with E-state index in [1.165, 1.54) is 7.11 Å². The molecule has 1 atom stereocenters. The fourth-order valence-corrected chi connectivity index (χ4v) is 2.87. The largest absolute Gasteiger partial charge is 0.496 e. The molecule has 2 aromatic carbocycles. The summed E-state index contributed by atoms with van der Waals surface area (Å²) in [4.78, 5) is 30.8. The van der Waals surface area contributed by atoms with Crippen molar-refractivity contribution >= 4 is 23.3 Å². The predicted molar refractivity (Wildman–Crippen MR) is 118 cm³/mol. The molecule has 2 aromatic rings. The quantitative estimate of drug-likeness (QED) is 0.318. The molecule has 0 fully saturated rings. The summed E-state index contributed by atoms with van der Waals surface area (Å²) in [5.74, 6) is -0.888. The van der Waals surface area contributed by atoms with Crippen molar-refractivity contribution < 1.29 is 23.9 Å². The number of carbonyl (C=O) groups is 2. The van der Waals surface area contributed by atoms with Gasteiger partial charge in [-0.3, -0.25) is 4.79 Å². The number of hydrogen-bond donors (Lipinski definition) is 1. The number of para-hydroxylation sites is 1. The average molecular weight is 425 g/mol. The van der Waals surface area contributed by atoms with Crippen molar-refractivity contribution in [1.29, 1.82) is 0 Å². The molecule has 2 rings (SSSR count). The third kappa shape index (κ3) is 6.17. The van der Waals surface area contributed by atoms with Crippen LogP contribution < -0.4 is 15.0 Å². The van der Waals surface area contributed by atoms with Crippen LogP contribution in [0.5, 0.6) is 5.75 Å². The SMILES string of the molecule is COc1ccccc1[C@H](NC(=O)c1ccc(N(C)C)cc1)C(=[N+]=[N-])C(=O)OC(C)(C)C. The highest BCUT2D eigenvalue weighted by Gasteiger charge is 2.39. The molecule has 31 heavy (non-hydrogen) atoms. The fourth-order valence-electron chi connectivity index (χ4n) is 2.87. The van der Waals surface area contributed by atoms with Crippen molar-refractivity contribution in [2.45, 2.75) is 32.4 Å². The number of nitrogens with one attached hydrogen (secondary N) is 1. The van der Waals surface area contributed by atoms with E-state index in [2.05, 4.69) is 10.1 Å². The van der Waals surface area contributed by atoms with Gasteiger partial charge in [0, 0.05) is 30.9 Å². The fraction of sp³-hybridized carbons (Fsp3) is 0.348. The van der Waals surface area contributed by atoms with E-state index >= 15 is 0 Å². The molecule has 1 N–H and O–H groups in total. The van der Waals surface area contributed by atoms with Crippen LogP contribution in [-0.2, 0) is 9.53 Å². The first-order valence-electron chi connectivity index (χ1n) is 9.74. The number of methoxy groups -OCH3 is 1. The van der Waals surface area contributed by atoms with E-state index < -0.39 is 23.5 Å². The van der Waals surface area contributed by atoms with Crippen molar-refractivity contribution in [2.24, 2.45) is 0 Å². The maximum absolute atomic E-state index is 13.0.